The number of likely N-dealkylation sites (tertiary alicyclic amines) is 1. The minimum Gasteiger partial charge on any atom is -0.339 e. The summed E-state index contributed by atoms with van der Waals surface area (Å²) in [7, 11) is 0. The fraction of sp³-hybridized carbons (Fsp3) is 0.562. The highest BCUT2D eigenvalue weighted by Gasteiger charge is 2.30. The van der Waals surface area contributed by atoms with Crippen LogP contribution in [0.2, 0.25) is 0 Å². The summed E-state index contributed by atoms with van der Waals surface area (Å²) in [5.41, 5.74) is 1.12. The van der Waals surface area contributed by atoms with E-state index < -0.39 is 0 Å². The van der Waals surface area contributed by atoms with E-state index in [9.17, 15) is 4.79 Å². The molecule has 1 aliphatic heterocycles. The standard InChI is InChI=1S/C16H23NOS/c1-16(2,3)13-8-10-17(11-9-13)15(18)12-4-6-14(19)7-5-12/h4-7,13,19H,8-11H2,1-3H3. The van der Waals surface area contributed by atoms with E-state index in [2.05, 4.69) is 33.4 Å². The Morgan fingerprint density at radius 3 is 2.16 bits per heavy atom. The lowest BCUT2D eigenvalue weighted by Crippen LogP contribution is -2.41. The fourth-order valence-electron chi connectivity index (χ4n) is 2.74. The molecule has 0 radical (unpaired) electrons. The van der Waals surface area contributed by atoms with E-state index >= 15 is 0 Å². The van der Waals surface area contributed by atoms with E-state index in [4.69, 9.17) is 0 Å². The van der Waals surface area contributed by atoms with Crippen molar-refractivity contribution in [1.82, 2.24) is 4.90 Å². The molecule has 1 heterocycles. The molecule has 3 heteroatoms. The predicted molar refractivity (Wildman–Crippen MR) is 81.8 cm³/mol. The Morgan fingerprint density at radius 1 is 1.16 bits per heavy atom. The third-order valence-electron chi connectivity index (χ3n) is 4.12. The Hall–Kier alpha value is -0.960. The minimum atomic E-state index is 0.153. The molecule has 0 aromatic heterocycles. The summed E-state index contributed by atoms with van der Waals surface area (Å²) in [6, 6.07) is 7.47. The van der Waals surface area contributed by atoms with Crippen molar-refractivity contribution in [1.29, 1.82) is 0 Å². The van der Waals surface area contributed by atoms with Gasteiger partial charge in [0, 0.05) is 23.5 Å². The van der Waals surface area contributed by atoms with Gasteiger partial charge in [0.2, 0.25) is 0 Å². The summed E-state index contributed by atoms with van der Waals surface area (Å²) in [4.78, 5) is 15.2. The second kappa shape index (κ2) is 5.58. The molecule has 0 saturated carbocycles. The molecule has 0 aliphatic carbocycles. The summed E-state index contributed by atoms with van der Waals surface area (Å²) in [5.74, 6) is 0.872. The van der Waals surface area contributed by atoms with Gasteiger partial charge in [0.05, 0.1) is 0 Å². The monoisotopic (exact) mass is 277 g/mol. The smallest absolute Gasteiger partial charge is 0.253 e. The van der Waals surface area contributed by atoms with Gasteiger partial charge >= 0.3 is 0 Å². The average Bonchev–Trinajstić information content (AvgIpc) is 2.38. The molecule has 19 heavy (non-hydrogen) atoms. The Labute approximate surface area is 121 Å². The second-order valence-electron chi connectivity index (χ2n) is 6.48. The van der Waals surface area contributed by atoms with Crippen LogP contribution < -0.4 is 0 Å². The molecule has 0 bridgehead atoms. The number of amides is 1. The van der Waals surface area contributed by atoms with E-state index in [0.29, 0.717) is 5.41 Å². The van der Waals surface area contributed by atoms with Gasteiger partial charge < -0.3 is 4.90 Å². The first-order chi connectivity index (χ1) is 8.88. The molecule has 1 amide bonds. The van der Waals surface area contributed by atoms with Gasteiger partial charge in [-0.25, -0.2) is 0 Å². The Balaban J connectivity index is 1.98. The maximum Gasteiger partial charge on any atom is 0.253 e. The number of hydrogen-bond donors (Lipinski definition) is 1. The molecule has 104 valence electrons. The number of nitrogens with zero attached hydrogens (tertiary/aromatic N) is 1. The van der Waals surface area contributed by atoms with Crippen LogP contribution in [0, 0.1) is 11.3 Å². The zero-order valence-electron chi connectivity index (χ0n) is 12.0. The van der Waals surface area contributed by atoms with Crippen molar-refractivity contribution in [2.75, 3.05) is 13.1 Å². The fourth-order valence-corrected chi connectivity index (χ4v) is 2.88. The van der Waals surface area contributed by atoms with Crippen LogP contribution in [0.5, 0.6) is 0 Å². The molecular formula is C16H23NOS. The molecule has 0 N–H and O–H groups in total. The summed E-state index contributed by atoms with van der Waals surface area (Å²) in [6.45, 7) is 8.63. The van der Waals surface area contributed by atoms with Crippen LogP contribution >= 0.6 is 12.6 Å². The van der Waals surface area contributed by atoms with Crippen LogP contribution in [0.25, 0.3) is 0 Å². The van der Waals surface area contributed by atoms with Crippen molar-refractivity contribution in [3.05, 3.63) is 29.8 Å². The summed E-state index contributed by atoms with van der Waals surface area (Å²) >= 11 is 4.25. The maximum absolute atomic E-state index is 12.4. The topological polar surface area (TPSA) is 20.3 Å². The quantitative estimate of drug-likeness (QED) is 0.773. The van der Waals surface area contributed by atoms with Crippen LogP contribution in [-0.4, -0.2) is 23.9 Å². The van der Waals surface area contributed by atoms with Crippen LogP contribution in [-0.2, 0) is 0 Å². The van der Waals surface area contributed by atoms with Crippen molar-refractivity contribution in [3.8, 4) is 0 Å². The Kier molecular flexibility index (Phi) is 4.24. The van der Waals surface area contributed by atoms with Crippen molar-refractivity contribution in [3.63, 3.8) is 0 Å². The van der Waals surface area contributed by atoms with Gasteiger partial charge in [-0.15, -0.1) is 12.6 Å². The second-order valence-corrected chi connectivity index (χ2v) is 7.00. The van der Waals surface area contributed by atoms with E-state index in [1.165, 1.54) is 0 Å². The van der Waals surface area contributed by atoms with Crippen molar-refractivity contribution in [2.45, 2.75) is 38.5 Å². The average molecular weight is 277 g/mol. The van der Waals surface area contributed by atoms with E-state index in [0.717, 1.165) is 42.3 Å². The van der Waals surface area contributed by atoms with Crippen LogP contribution in [0.4, 0.5) is 0 Å². The molecule has 2 rings (SSSR count). The number of rotatable bonds is 1. The number of carbonyl (C=O) groups excluding carboxylic acids is 1. The summed E-state index contributed by atoms with van der Waals surface area (Å²) in [5, 5.41) is 0. The molecule has 1 saturated heterocycles. The SMILES string of the molecule is CC(C)(C)C1CCN(C(=O)c2ccc(S)cc2)CC1. The highest BCUT2D eigenvalue weighted by molar-refractivity contribution is 7.80. The number of carbonyl (C=O) groups is 1. The van der Waals surface area contributed by atoms with Crippen LogP contribution in [0.3, 0.4) is 0 Å². The maximum atomic E-state index is 12.4. The Morgan fingerprint density at radius 2 is 1.68 bits per heavy atom. The molecule has 0 spiro atoms. The largest absolute Gasteiger partial charge is 0.339 e. The molecular weight excluding hydrogens is 254 g/mol. The van der Waals surface area contributed by atoms with Gasteiger partial charge in [-0.3, -0.25) is 4.79 Å². The van der Waals surface area contributed by atoms with Crippen LogP contribution in [0.1, 0.15) is 44.0 Å². The lowest BCUT2D eigenvalue weighted by molar-refractivity contribution is 0.0608. The van der Waals surface area contributed by atoms with Gasteiger partial charge in [0.15, 0.2) is 0 Å². The highest BCUT2D eigenvalue weighted by Crippen LogP contribution is 2.34. The molecule has 1 fully saturated rings. The summed E-state index contributed by atoms with van der Waals surface area (Å²) in [6.07, 6.45) is 2.22. The number of piperidine rings is 1. The van der Waals surface area contributed by atoms with Crippen LogP contribution in [0.15, 0.2) is 29.2 Å². The molecule has 1 aromatic rings. The first-order valence-corrected chi connectivity index (χ1v) is 7.41. The lowest BCUT2D eigenvalue weighted by Gasteiger charge is -2.38. The summed E-state index contributed by atoms with van der Waals surface area (Å²) < 4.78 is 0. The van der Waals surface area contributed by atoms with E-state index in [-0.39, 0.29) is 5.91 Å². The van der Waals surface area contributed by atoms with Gasteiger partial charge in [0.25, 0.3) is 5.91 Å². The molecule has 0 unspecified atom stereocenters. The third-order valence-corrected chi connectivity index (χ3v) is 4.42. The van der Waals surface area contributed by atoms with E-state index in [1.54, 1.807) is 0 Å². The highest BCUT2D eigenvalue weighted by atomic mass is 32.1. The zero-order chi connectivity index (χ0) is 14.0. The zero-order valence-corrected chi connectivity index (χ0v) is 12.9. The number of thiol groups is 1. The lowest BCUT2D eigenvalue weighted by atomic mass is 9.75. The van der Waals surface area contributed by atoms with E-state index in [1.807, 2.05) is 29.2 Å². The first-order valence-electron chi connectivity index (χ1n) is 6.96. The predicted octanol–water partition coefficient (Wildman–Crippen LogP) is 3.87. The Bertz CT molecular complexity index is 439. The minimum absolute atomic E-state index is 0.153. The molecule has 0 atom stereocenters. The molecule has 2 nitrogen and oxygen atoms in total. The van der Waals surface area contributed by atoms with Crippen molar-refractivity contribution >= 4 is 18.5 Å². The first kappa shape index (κ1) is 14.4. The molecule has 1 aromatic carbocycles. The normalized spacial score (nSPS) is 17.6. The van der Waals surface area contributed by atoms with Crippen molar-refractivity contribution in [2.24, 2.45) is 11.3 Å². The van der Waals surface area contributed by atoms with Crippen molar-refractivity contribution < 1.29 is 4.79 Å². The van der Waals surface area contributed by atoms with Gasteiger partial charge in [0.1, 0.15) is 0 Å². The molecule has 1 aliphatic rings. The number of benzene rings is 1. The van der Waals surface area contributed by atoms with Gasteiger partial charge in [-0.05, 0) is 48.4 Å². The van der Waals surface area contributed by atoms with Gasteiger partial charge in [-0.2, -0.15) is 0 Å². The third kappa shape index (κ3) is 3.53. The van der Waals surface area contributed by atoms with Gasteiger partial charge in [-0.1, -0.05) is 20.8 Å². The number of hydrogen-bond acceptors (Lipinski definition) is 2.